The Balaban J connectivity index is 1.66. The van der Waals surface area contributed by atoms with Crippen molar-refractivity contribution in [2.75, 3.05) is 34.4 Å². The molecule has 1 aliphatic heterocycles. The van der Waals surface area contributed by atoms with Crippen LogP contribution in [-0.4, -0.2) is 51.1 Å². The molecule has 0 spiro atoms. The highest BCUT2D eigenvalue weighted by Gasteiger charge is 2.18. The predicted octanol–water partition coefficient (Wildman–Crippen LogP) is 2.50. The molecule has 0 saturated heterocycles. The number of likely N-dealkylation sites (N-methyl/N-ethyl adjacent to an activating group) is 1. The first-order valence-electron chi connectivity index (χ1n) is 9.23. The lowest BCUT2D eigenvalue weighted by Crippen LogP contribution is -2.24. The van der Waals surface area contributed by atoms with E-state index in [1.54, 1.807) is 50.4 Å². The van der Waals surface area contributed by atoms with Crippen molar-refractivity contribution >= 4 is 17.9 Å². The fraction of sp³-hybridized carbons (Fsp3) is 0.273. The molecule has 2 amide bonds. The van der Waals surface area contributed by atoms with Crippen molar-refractivity contribution in [2.45, 2.75) is 6.54 Å². The summed E-state index contributed by atoms with van der Waals surface area (Å²) in [6, 6.07) is 10.8. The van der Waals surface area contributed by atoms with Gasteiger partial charge in [-0.3, -0.25) is 9.59 Å². The van der Waals surface area contributed by atoms with Gasteiger partial charge in [-0.1, -0.05) is 12.1 Å². The lowest BCUT2D eigenvalue weighted by molar-refractivity contribution is -0.125. The van der Waals surface area contributed by atoms with E-state index in [0.717, 1.165) is 11.1 Å². The van der Waals surface area contributed by atoms with Gasteiger partial charge < -0.3 is 24.4 Å². The van der Waals surface area contributed by atoms with Crippen LogP contribution in [0.3, 0.4) is 0 Å². The van der Waals surface area contributed by atoms with Gasteiger partial charge >= 0.3 is 0 Å². The third-order valence-electron chi connectivity index (χ3n) is 4.51. The second kappa shape index (κ2) is 9.14. The van der Waals surface area contributed by atoms with Crippen molar-refractivity contribution in [3.05, 3.63) is 59.2 Å². The van der Waals surface area contributed by atoms with Crippen molar-refractivity contribution in [3.63, 3.8) is 0 Å². The first kappa shape index (κ1) is 20.3. The minimum atomic E-state index is -0.144. The zero-order chi connectivity index (χ0) is 20.8. The summed E-state index contributed by atoms with van der Waals surface area (Å²) < 4.78 is 16.6. The largest absolute Gasteiger partial charge is 0.493 e. The van der Waals surface area contributed by atoms with E-state index in [4.69, 9.17) is 14.2 Å². The monoisotopic (exact) mass is 396 g/mol. The predicted molar refractivity (Wildman–Crippen MR) is 109 cm³/mol. The highest BCUT2D eigenvalue weighted by atomic mass is 16.6. The number of ether oxygens (including phenoxy) is 3. The molecule has 3 rings (SSSR count). The Labute approximate surface area is 169 Å². The first-order valence-corrected chi connectivity index (χ1v) is 9.23. The maximum absolute atomic E-state index is 12.5. The molecule has 0 atom stereocenters. The van der Waals surface area contributed by atoms with Crippen LogP contribution in [0.2, 0.25) is 0 Å². The zero-order valence-corrected chi connectivity index (χ0v) is 16.7. The van der Waals surface area contributed by atoms with E-state index in [9.17, 15) is 9.59 Å². The summed E-state index contributed by atoms with van der Waals surface area (Å²) in [5.74, 6) is 1.47. The number of amides is 2. The van der Waals surface area contributed by atoms with Crippen LogP contribution in [0.5, 0.6) is 17.2 Å². The summed E-state index contributed by atoms with van der Waals surface area (Å²) in [5, 5.41) is 2.58. The average molecular weight is 396 g/mol. The molecule has 1 aliphatic rings. The van der Waals surface area contributed by atoms with Gasteiger partial charge in [-0.05, 0) is 41.5 Å². The molecule has 1 heterocycles. The van der Waals surface area contributed by atoms with E-state index >= 15 is 0 Å². The molecule has 7 nitrogen and oxygen atoms in total. The van der Waals surface area contributed by atoms with Gasteiger partial charge in [0.05, 0.1) is 7.11 Å². The fourth-order valence-corrected chi connectivity index (χ4v) is 2.94. The highest BCUT2D eigenvalue weighted by molar-refractivity contribution is 5.94. The van der Waals surface area contributed by atoms with Crippen molar-refractivity contribution in [1.82, 2.24) is 10.2 Å². The van der Waals surface area contributed by atoms with Crippen LogP contribution in [-0.2, 0) is 11.3 Å². The van der Waals surface area contributed by atoms with Crippen molar-refractivity contribution in [2.24, 2.45) is 0 Å². The van der Waals surface area contributed by atoms with Crippen LogP contribution in [0.1, 0.15) is 21.5 Å². The second-order valence-corrected chi connectivity index (χ2v) is 6.55. The third kappa shape index (κ3) is 4.87. The Morgan fingerprint density at radius 3 is 2.59 bits per heavy atom. The molecule has 29 heavy (non-hydrogen) atoms. The molecule has 1 N–H and O–H groups in total. The fourth-order valence-electron chi connectivity index (χ4n) is 2.94. The van der Waals surface area contributed by atoms with Gasteiger partial charge in [-0.15, -0.1) is 0 Å². The van der Waals surface area contributed by atoms with Crippen LogP contribution < -0.4 is 19.5 Å². The van der Waals surface area contributed by atoms with Gasteiger partial charge in [0.15, 0.2) is 11.5 Å². The van der Waals surface area contributed by atoms with E-state index in [2.05, 4.69) is 5.32 Å². The second-order valence-electron chi connectivity index (χ2n) is 6.55. The molecular weight excluding hydrogens is 372 g/mol. The Hall–Kier alpha value is -3.48. The van der Waals surface area contributed by atoms with E-state index in [1.807, 2.05) is 18.2 Å². The number of nitrogens with zero attached hydrogens (tertiary/aromatic N) is 1. The summed E-state index contributed by atoms with van der Waals surface area (Å²) in [4.78, 5) is 25.7. The summed E-state index contributed by atoms with van der Waals surface area (Å²) >= 11 is 0. The van der Waals surface area contributed by atoms with Crippen LogP contribution in [0, 0.1) is 0 Å². The molecule has 0 unspecified atom stereocenters. The molecule has 0 fully saturated rings. The van der Waals surface area contributed by atoms with Crippen molar-refractivity contribution in [1.29, 1.82) is 0 Å². The van der Waals surface area contributed by atoms with Gasteiger partial charge in [0.25, 0.3) is 5.91 Å². The molecule has 0 radical (unpaired) electrons. The normalized spacial score (nSPS) is 12.5. The van der Waals surface area contributed by atoms with Crippen molar-refractivity contribution < 1.29 is 23.8 Å². The number of carbonyl (C=O) groups is 2. The van der Waals surface area contributed by atoms with Crippen LogP contribution in [0.15, 0.2) is 42.5 Å². The van der Waals surface area contributed by atoms with Gasteiger partial charge in [-0.2, -0.15) is 0 Å². The number of hydrogen-bond acceptors (Lipinski definition) is 5. The Morgan fingerprint density at radius 2 is 1.90 bits per heavy atom. The summed E-state index contributed by atoms with van der Waals surface area (Å²) in [6.45, 7) is 1.39. The van der Waals surface area contributed by atoms with Gasteiger partial charge in [0.1, 0.15) is 13.2 Å². The van der Waals surface area contributed by atoms with Gasteiger partial charge in [-0.25, -0.2) is 0 Å². The SMILES string of the molecule is CNC(=O)c1ccc(CN(C)C(=O)/C=C/c2cc(OC)c3c(c2)OCCO3)cc1. The number of hydrogen-bond donors (Lipinski definition) is 1. The van der Waals surface area contributed by atoms with E-state index in [1.165, 1.54) is 6.08 Å². The quantitative estimate of drug-likeness (QED) is 0.760. The Kier molecular flexibility index (Phi) is 6.39. The molecule has 0 aliphatic carbocycles. The Morgan fingerprint density at radius 1 is 1.17 bits per heavy atom. The average Bonchev–Trinajstić information content (AvgIpc) is 2.76. The summed E-state index contributed by atoms with van der Waals surface area (Å²) in [5.41, 5.74) is 2.29. The number of rotatable bonds is 6. The lowest BCUT2D eigenvalue weighted by Gasteiger charge is -2.21. The molecule has 7 heteroatoms. The van der Waals surface area contributed by atoms with Crippen LogP contribution in [0.25, 0.3) is 6.08 Å². The molecular formula is C22H24N2O5. The molecule has 0 aromatic heterocycles. The van der Waals surface area contributed by atoms with Gasteiger partial charge in [0, 0.05) is 32.3 Å². The standard InChI is InChI=1S/C22H24N2O5/c1-23-22(26)17-7-4-15(5-8-17)14-24(2)20(25)9-6-16-12-18(27-3)21-19(13-16)28-10-11-29-21/h4-9,12-13H,10-11,14H2,1-3H3,(H,23,26)/b9-6+. The van der Waals surface area contributed by atoms with E-state index in [0.29, 0.717) is 42.6 Å². The third-order valence-corrected chi connectivity index (χ3v) is 4.51. The topological polar surface area (TPSA) is 77.1 Å². The zero-order valence-electron chi connectivity index (χ0n) is 16.7. The summed E-state index contributed by atoms with van der Waals surface area (Å²) in [7, 11) is 4.88. The molecule has 2 aromatic rings. The maximum atomic E-state index is 12.5. The first-order chi connectivity index (χ1) is 14.0. The summed E-state index contributed by atoms with van der Waals surface area (Å²) in [6.07, 6.45) is 3.22. The number of carbonyl (C=O) groups excluding carboxylic acids is 2. The number of nitrogens with one attached hydrogen (secondary N) is 1. The number of benzene rings is 2. The molecule has 2 aromatic carbocycles. The highest BCUT2D eigenvalue weighted by Crippen LogP contribution is 2.40. The van der Waals surface area contributed by atoms with Crippen molar-refractivity contribution in [3.8, 4) is 17.2 Å². The lowest BCUT2D eigenvalue weighted by atomic mass is 10.1. The molecule has 0 saturated carbocycles. The minimum absolute atomic E-state index is 0.140. The molecule has 152 valence electrons. The smallest absolute Gasteiger partial charge is 0.251 e. The number of methoxy groups -OCH3 is 1. The van der Waals surface area contributed by atoms with Crippen LogP contribution >= 0.6 is 0 Å². The Bertz CT molecular complexity index is 904. The van der Waals surface area contributed by atoms with E-state index in [-0.39, 0.29) is 11.8 Å². The van der Waals surface area contributed by atoms with Gasteiger partial charge in [0.2, 0.25) is 11.7 Å². The van der Waals surface area contributed by atoms with Crippen LogP contribution in [0.4, 0.5) is 0 Å². The van der Waals surface area contributed by atoms with E-state index < -0.39 is 0 Å². The molecule has 0 bridgehead atoms. The minimum Gasteiger partial charge on any atom is -0.493 e. The number of fused-ring (bicyclic) bond motifs is 1. The maximum Gasteiger partial charge on any atom is 0.251 e.